The van der Waals surface area contributed by atoms with Gasteiger partial charge in [0.05, 0.1) is 17.9 Å². The summed E-state index contributed by atoms with van der Waals surface area (Å²) in [6, 6.07) is 15.0. The normalized spacial score (nSPS) is 10.4. The van der Waals surface area contributed by atoms with Crippen LogP contribution in [0.1, 0.15) is 17.3 Å². The molecule has 122 valence electrons. The van der Waals surface area contributed by atoms with Gasteiger partial charge in [-0.1, -0.05) is 24.3 Å². The molecule has 0 aliphatic heterocycles. The van der Waals surface area contributed by atoms with Crippen LogP contribution in [0.15, 0.2) is 58.4 Å². The summed E-state index contributed by atoms with van der Waals surface area (Å²) in [4.78, 5) is 16.9. The summed E-state index contributed by atoms with van der Waals surface area (Å²) in [5.41, 5.74) is 2.27. The lowest BCUT2D eigenvalue weighted by Crippen LogP contribution is -2.12. The number of aromatic nitrogens is 1. The van der Waals surface area contributed by atoms with Crippen molar-refractivity contribution < 1.29 is 9.53 Å². The summed E-state index contributed by atoms with van der Waals surface area (Å²) in [5.74, 6) is 0.593. The minimum Gasteiger partial charge on any atom is -0.493 e. The zero-order valence-electron chi connectivity index (χ0n) is 13.0. The van der Waals surface area contributed by atoms with Crippen molar-refractivity contribution in [3.63, 3.8) is 0 Å². The average Bonchev–Trinajstić information content (AvgIpc) is 3.04. The molecule has 0 saturated carbocycles. The van der Waals surface area contributed by atoms with Crippen molar-refractivity contribution in [2.45, 2.75) is 6.92 Å². The van der Waals surface area contributed by atoms with E-state index < -0.39 is 0 Å². The third-order valence-electron chi connectivity index (χ3n) is 3.31. The topological polar surface area (TPSA) is 51.2 Å². The van der Waals surface area contributed by atoms with E-state index in [9.17, 15) is 4.79 Å². The Morgan fingerprint density at radius 1 is 1.21 bits per heavy atom. The highest BCUT2D eigenvalue weighted by atomic mass is 79.9. The predicted octanol–water partition coefficient (Wildman–Crippen LogP) is 5.22. The van der Waals surface area contributed by atoms with Gasteiger partial charge < -0.3 is 4.74 Å². The van der Waals surface area contributed by atoms with Gasteiger partial charge in [0, 0.05) is 15.4 Å². The van der Waals surface area contributed by atoms with Crippen molar-refractivity contribution in [2.75, 3.05) is 11.9 Å². The summed E-state index contributed by atoms with van der Waals surface area (Å²) in [6.45, 7) is 2.54. The molecule has 3 rings (SSSR count). The van der Waals surface area contributed by atoms with Crippen LogP contribution in [0.3, 0.4) is 0 Å². The van der Waals surface area contributed by atoms with Crippen molar-refractivity contribution >= 4 is 38.3 Å². The molecule has 0 radical (unpaired) electrons. The van der Waals surface area contributed by atoms with Gasteiger partial charge in [-0.25, -0.2) is 4.98 Å². The third kappa shape index (κ3) is 3.66. The van der Waals surface area contributed by atoms with Gasteiger partial charge in [0.15, 0.2) is 5.13 Å². The fraction of sp³-hybridized carbons (Fsp3) is 0.111. The zero-order valence-corrected chi connectivity index (χ0v) is 15.4. The summed E-state index contributed by atoms with van der Waals surface area (Å²) < 4.78 is 6.39. The number of benzene rings is 2. The number of anilines is 1. The van der Waals surface area contributed by atoms with Crippen molar-refractivity contribution in [3.8, 4) is 17.0 Å². The lowest BCUT2D eigenvalue weighted by Gasteiger charge is -2.07. The second-order valence-electron chi connectivity index (χ2n) is 4.90. The molecule has 24 heavy (non-hydrogen) atoms. The van der Waals surface area contributed by atoms with Crippen molar-refractivity contribution in [1.82, 2.24) is 4.98 Å². The van der Waals surface area contributed by atoms with Crippen LogP contribution in [0.4, 0.5) is 5.13 Å². The quantitative estimate of drug-likeness (QED) is 0.635. The predicted molar refractivity (Wildman–Crippen MR) is 101 cm³/mol. The van der Waals surface area contributed by atoms with Gasteiger partial charge in [0.2, 0.25) is 0 Å². The fourth-order valence-electron chi connectivity index (χ4n) is 2.22. The smallest absolute Gasteiger partial charge is 0.258 e. The van der Waals surface area contributed by atoms with Gasteiger partial charge >= 0.3 is 0 Å². The number of hydrogen-bond acceptors (Lipinski definition) is 4. The summed E-state index contributed by atoms with van der Waals surface area (Å²) in [7, 11) is 0. The summed E-state index contributed by atoms with van der Waals surface area (Å²) in [6.07, 6.45) is 0. The number of hydrogen-bond donors (Lipinski definition) is 1. The van der Waals surface area contributed by atoms with Crippen LogP contribution in [0.25, 0.3) is 11.3 Å². The van der Waals surface area contributed by atoms with E-state index in [1.807, 2.05) is 54.8 Å². The van der Waals surface area contributed by atoms with Crippen LogP contribution in [-0.2, 0) is 0 Å². The number of ether oxygens (including phenoxy) is 1. The van der Waals surface area contributed by atoms with E-state index in [4.69, 9.17) is 4.74 Å². The number of halogens is 1. The molecule has 6 heteroatoms. The number of para-hydroxylation sites is 1. The summed E-state index contributed by atoms with van der Waals surface area (Å²) in [5, 5.41) is 5.30. The first-order chi connectivity index (χ1) is 11.7. The minimum atomic E-state index is -0.193. The number of nitrogens with zero attached hydrogens (tertiary/aromatic N) is 1. The Labute approximate surface area is 152 Å². The minimum absolute atomic E-state index is 0.193. The molecule has 2 aromatic carbocycles. The molecule has 0 atom stereocenters. The largest absolute Gasteiger partial charge is 0.493 e. The van der Waals surface area contributed by atoms with Gasteiger partial charge in [0.25, 0.3) is 5.91 Å². The number of amides is 1. The lowest BCUT2D eigenvalue weighted by molar-refractivity contribution is 0.102. The van der Waals surface area contributed by atoms with E-state index in [0.717, 1.165) is 21.5 Å². The van der Waals surface area contributed by atoms with Crippen molar-refractivity contribution in [2.24, 2.45) is 0 Å². The van der Waals surface area contributed by atoms with Gasteiger partial charge in [-0.05, 0) is 47.1 Å². The molecule has 3 aromatic rings. The Morgan fingerprint density at radius 2 is 1.96 bits per heavy atom. The molecule has 1 amide bonds. The van der Waals surface area contributed by atoms with Crippen molar-refractivity contribution in [1.29, 1.82) is 0 Å². The first-order valence-electron chi connectivity index (χ1n) is 7.42. The van der Waals surface area contributed by atoms with Crippen LogP contribution in [0.2, 0.25) is 0 Å². The van der Waals surface area contributed by atoms with Crippen molar-refractivity contribution in [3.05, 3.63) is 63.9 Å². The average molecular weight is 403 g/mol. The molecule has 1 N–H and O–H groups in total. The highest BCUT2D eigenvalue weighted by Crippen LogP contribution is 2.32. The SMILES string of the molecule is CCOc1ccccc1-c1csc(NC(=O)c2ccccc2Br)n1. The zero-order chi connectivity index (χ0) is 16.9. The molecule has 0 spiro atoms. The maximum atomic E-state index is 12.4. The highest BCUT2D eigenvalue weighted by molar-refractivity contribution is 9.10. The lowest BCUT2D eigenvalue weighted by atomic mass is 10.1. The van der Waals surface area contributed by atoms with Gasteiger partial charge in [0.1, 0.15) is 5.75 Å². The van der Waals surface area contributed by atoms with E-state index in [1.165, 1.54) is 11.3 Å². The molecule has 0 saturated heterocycles. The van der Waals surface area contributed by atoms with Gasteiger partial charge in [-0.2, -0.15) is 0 Å². The first kappa shape index (κ1) is 16.7. The van der Waals surface area contributed by atoms with Gasteiger partial charge in [-0.15, -0.1) is 11.3 Å². The number of thiazole rings is 1. The molecular weight excluding hydrogens is 388 g/mol. The van der Waals surface area contributed by atoms with Crippen LogP contribution in [0, 0.1) is 0 Å². The van der Waals surface area contributed by atoms with Crippen LogP contribution in [0.5, 0.6) is 5.75 Å². The van der Waals surface area contributed by atoms with Crippen LogP contribution >= 0.6 is 27.3 Å². The summed E-state index contributed by atoms with van der Waals surface area (Å²) >= 11 is 4.77. The Balaban J connectivity index is 1.82. The molecule has 1 aromatic heterocycles. The molecule has 0 fully saturated rings. The monoisotopic (exact) mass is 402 g/mol. The Kier molecular flexibility index (Phi) is 5.27. The number of rotatable bonds is 5. The van der Waals surface area contributed by atoms with E-state index in [-0.39, 0.29) is 5.91 Å². The van der Waals surface area contributed by atoms with E-state index in [1.54, 1.807) is 6.07 Å². The molecule has 0 aliphatic carbocycles. The van der Waals surface area contributed by atoms with Gasteiger partial charge in [-0.3, -0.25) is 10.1 Å². The van der Waals surface area contributed by atoms with E-state index in [0.29, 0.717) is 17.3 Å². The number of nitrogens with one attached hydrogen (secondary N) is 1. The maximum Gasteiger partial charge on any atom is 0.258 e. The Morgan fingerprint density at radius 3 is 2.75 bits per heavy atom. The maximum absolute atomic E-state index is 12.4. The molecule has 0 unspecified atom stereocenters. The number of carbonyl (C=O) groups excluding carboxylic acids is 1. The van der Waals surface area contributed by atoms with E-state index in [2.05, 4.69) is 26.2 Å². The third-order valence-corrected chi connectivity index (χ3v) is 4.76. The molecule has 0 bridgehead atoms. The molecule has 1 heterocycles. The Hall–Kier alpha value is -2.18. The molecule has 4 nitrogen and oxygen atoms in total. The standard InChI is InChI=1S/C18H15BrN2O2S/c1-2-23-16-10-6-4-8-13(16)15-11-24-18(20-15)21-17(22)12-7-3-5-9-14(12)19/h3-11H,2H2,1H3,(H,20,21,22). The number of carbonyl (C=O) groups is 1. The van der Waals surface area contributed by atoms with E-state index >= 15 is 0 Å². The molecular formula is C18H15BrN2O2S. The second-order valence-corrected chi connectivity index (χ2v) is 6.61. The molecule has 0 aliphatic rings. The second kappa shape index (κ2) is 7.59. The van der Waals surface area contributed by atoms with Crippen LogP contribution < -0.4 is 10.1 Å². The Bertz CT molecular complexity index is 863. The fourth-order valence-corrected chi connectivity index (χ4v) is 3.39. The first-order valence-corrected chi connectivity index (χ1v) is 9.10. The van der Waals surface area contributed by atoms with Crippen LogP contribution in [-0.4, -0.2) is 17.5 Å². The highest BCUT2D eigenvalue weighted by Gasteiger charge is 2.14.